The fourth-order valence-electron chi connectivity index (χ4n) is 3.81. The average Bonchev–Trinajstić information content (AvgIpc) is 2.80. The predicted octanol–water partition coefficient (Wildman–Crippen LogP) is 6.30. The highest BCUT2D eigenvalue weighted by Gasteiger charge is 2.11. The summed E-state index contributed by atoms with van der Waals surface area (Å²) in [5, 5.41) is 0. The lowest BCUT2D eigenvalue weighted by molar-refractivity contribution is -0.144. The van der Waals surface area contributed by atoms with Crippen molar-refractivity contribution in [2.45, 2.75) is 117 Å². The van der Waals surface area contributed by atoms with Crippen LogP contribution in [0.15, 0.2) is 0 Å². The van der Waals surface area contributed by atoms with E-state index in [2.05, 4.69) is 6.92 Å². The number of nitrogens with zero attached hydrogens (tertiary/aromatic N) is 1. The smallest absolute Gasteiger partial charge is 0.307 e. The number of hydrogen-bond donors (Lipinski definition) is 0. The number of esters is 1. The Hall–Kier alpha value is -1.14. The number of carbonyl (C=O) groups excluding carboxylic acids is 2. The first-order valence-corrected chi connectivity index (χ1v) is 13.6. The molecule has 0 atom stereocenters. The third-order valence-corrected chi connectivity index (χ3v) is 5.94. The van der Waals surface area contributed by atoms with Crippen molar-refractivity contribution in [2.75, 3.05) is 46.6 Å². The van der Waals surface area contributed by atoms with Crippen LogP contribution in [0.2, 0.25) is 0 Å². The molecule has 0 aliphatic heterocycles. The van der Waals surface area contributed by atoms with Crippen LogP contribution in [-0.4, -0.2) is 63.4 Å². The minimum atomic E-state index is -0.215. The average molecular weight is 472 g/mol. The summed E-state index contributed by atoms with van der Waals surface area (Å²) in [4.78, 5) is 25.4. The lowest BCUT2D eigenvalue weighted by atomic mass is 10.0. The van der Waals surface area contributed by atoms with Crippen LogP contribution in [0, 0.1) is 0 Å². The van der Waals surface area contributed by atoms with Crippen LogP contribution < -0.4 is 0 Å². The van der Waals surface area contributed by atoms with Gasteiger partial charge < -0.3 is 19.1 Å². The van der Waals surface area contributed by atoms with E-state index in [1.54, 1.807) is 12.0 Å². The minimum Gasteiger partial charge on any atom is -0.466 e. The van der Waals surface area contributed by atoms with Gasteiger partial charge in [0.1, 0.15) is 0 Å². The predicted molar refractivity (Wildman–Crippen MR) is 135 cm³/mol. The molecule has 6 heteroatoms. The molecule has 0 heterocycles. The Morgan fingerprint density at radius 1 is 0.636 bits per heavy atom. The van der Waals surface area contributed by atoms with Gasteiger partial charge in [-0.05, 0) is 12.8 Å². The Labute approximate surface area is 204 Å². The largest absolute Gasteiger partial charge is 0.466 e. The Balaban J connectivity index is 3.48. The van der Waals surface area contributed by atoms with Gasteiger partial charge >= 0.3 is 5.97 Å². The minimum absolute atomic E-state index is 0.0216. The van der Waals surface area contributed by atoms with Crippen LogP contribution >= 0.6 is 0 Å². The van der Waals surface area contributed by atoms with E-state index in [0.29, 0.717) is 39.5 Å². The normalized spacial score (nSPS) is 11.0. The van der Waals surface area contributed by atoms with Gasteiger partial charge in [0.25, 0.3) is 0 Å². The summed E-state index contributed by atoms with van der Waals surface area (Å²) < 4.78 is 15.7. The van der Waals surface area contributed by atoms with Crippen molar-refractivity contribution in [1.29, 1.82) is 0 Å². The van der Waals surface area contributed by atoms with E-state index < -0.39 is 0 Å². The molecule has 0 aliphatic rings. The van der Waals surface area contributed by atoms with Crippen molar-refractivity contribution in [3.63, 3.8) is 0 Å². The van der Waals surface area contributed by atoms with E-state index in [0.717, 1.165) is 19.3 Å². The van der Waals surface area contributed by atoms with Crippen molar-refractivity contribution in [3.05, 3.63) is 0 Å². The summed E-state index contributed by atoms with van der Waals surface area (Å²) in [5.41, 5.74) is 0. The van der Waals surface area contributed by atoms with E-state index in [1.807, 2.05) is 0 Å². The molecule has 0 aromatic carbocycles. The lowest BCUT2D eigenvalue weighted by Crippen LogP contribution is -2.32. The topological polar surface area (TPSA) is 65.1 Å². The standard InChI is InChI=1S/C27H53NO5/c1-4-5-6-7-8-9-10-11-12-13-14-15-16-17-23-33-27(30)19-21-28(26(2)29)20-18-22-32-25-24-31-3/h4-25H2,1-3H3. The van der Waals surface area contributed by atoms with Gasteiger partial charge in [0, 0.05) is 33.7 Å². The van der Waals surface area contributed by atoms with Gasteiger partial charge in [0.15, 0.2) is 0 Å². The van der Waals surface area contributed by atoms with Crippen LogP contribution in [0.3, 0.4) is 0 Å². The summed E-state index contributed by atoms with van der Waals surface area (Å²) in [6, 6.07) is 0. The number of rotatable bonds is 25. The summed E-state index contributed by atoms with van der Waals surface area (Å²) >= 11 is 0. The number of ether oxygens (including phenoxy) is 3. The van der Waals surface area contributed by atoms with Crippen molar-refractivity contribution >= 4 is 11.9 Å². The molecule has 0 bridgehead atoms. The molecule has 0 aromatic rings. The molecule has 0 radical (unpaired) electrons. The SMILES string of the molecule is CCCCCCCCCCCCCCCCOC(=O)CCN(CCCOCCOC)C(C)=O. The molecule has 0 spiro atoms. The van der Waals surface area contributed by atoms with E-state index >= 15 is 0 Å². The van der Waals surface area contributed by atoms with Crippen molar-refractivity contribution in [2.24, 2.45) is 0 Å². The fraction of sp³-hybridized carbons (Fsp3) is 0.926. The summed E-state index contributed by atoms with van der Waals surface area (Å²) in [7, 11) is 1.64. The summed E-state index contributed by atoms with van der Waals surface area (Å²) in [5.74, 6) is -0.237. The second-order valence-electron chi connectivity index (χ2n) is 9.03. The second-order valence-corrected chi connectivity index (χ2v) is 9.03. The van der Waals surface area contributed by atoms with Crippen molar-refractivity contribution < 1.29 is 23.8 Å². The Kier molecular flexibility index (Phi) is 24.6. The highest BCUT2D eigenvalue weighted by Crippen LogP contribution is 2.13. The summed E-state index contributed by atoms with van der Waals surface area (Å²) in [6.45, 7) is 7.00. The van der Waals surface area contributed by atoms with Crippen LogP contribution in [0.25, 0.3) is 0 Å². The van der Waals surface area contributed by atoms with Gasteiger partial charge in [-0.3, -0.25) is 9.59 Å². The molecule has 0 aliphatic carbocycles. The zero-order valence-electron chi connectivity index (χ0n) is 22.0. The first kappa shape index (κ1) is 31.9. The molecule has 0 N–H and O–H groups in total. The third kappa shape index (κ3) is 23.8. The van der Waals surface area contributed by atoms with Crippen LogP contribution in [-0.2, 0) is 23.8 Å². The van der Waals surface area contributed by atoms with Crippen LogP contribution in [0.5, 0.6) is 0 Å². The van der Waals surface area contributed by atoms with Gasteiger partial charge in [-0.2, -0.15) is 0 Å². The zero-order valence-corrected chi connectivity index (χ0v) is 22.0. The molecule has 0 saturated heterocycles. The molecule has 0 saturated carbocycles. The Bertz CT molecular complexity index is 444. The number of methoxy groups -OCH3 is 1. The Morgan fingerprint density at radius 2 is 1.18 bits per heavy atom. The maximum Gasteiger partial charge on any atom is 0.307 e. The molecule has 1 amide bonds. The molecule has 0 aromatic heterocycles. The molecule has 0 unspecified atom stereocenters. The Morgan fingerprint density at radius 3 is 1.70 bits per heavy atom. The van der Waals surface area contributed by atoms with E-state index in [9.17, 15) is 9.59 Å². The summed E-state index contributed by atoms with van der Waals surface area (Å²) in [6.07, 6.45) is 19.4. The maximum atomic E-state index is 12.0. The molecule has 0 fully saturated rings. The van der Waals surface area contributed by atoms with E-state index in [1.165, 1.54) is 84.0 Å². The molecular formula is C27H53NO5. The van der Waals surface area contributed by atoms with Gasteiger partial charge in [0.2, 0.25) is 5.91 Å². The quantitative estimate of drug-likeness (QED) is 0.115. The molecule has 196 valence electrons. The van der Waals surface area contributed by atoms with Gasteiger partial charge in [-0.1, -0.05) is 90.4 Å². The first-order valence-electron chi connectivity index (χ1n) is 13.6. The van der Waals surface area contributed by atoms with E-state index in [-0.39, 0.29) is 18.3 Å². The number of hydrogen-bond acceptors (Lipinski definition) is 5. The van der Waals surface area contributed by atoms with Gasteiger partial charge in [-0.15, -0.1) is 0 Å². The highest BCUT2D eigenvalue weighted by molar-refractivity contribution is 5.75. The van der Waals surface area contributed by atoms with Crippen LogP contribution in [0.4, 0.5) is 0 Å². The second kappa shape index (κ2) is 25.5. The lowest BCUT2D eigenvalue weighted by Gasteiger charge is -2.20. The maximum absolute atomic E-state index is 12.0. The zero-order chi connectivity index (χ0) is 24.4. The molecule has 0 rings (SSSR count). The van der Waals surface area contributed by atoms with Gasteiger partial charge in [0.05, 0.1) is 26.2 Å². The number of amides is 1. The molecule has 33 heavy (non-hydrogen) atoms. The number of unbranched alkanes of at least 4 members (excludes halogenated alkanes) is 13. The van der Waals surface area contributed by atoms with Crippen LogP contribution in [0.1, 0.15) is 117 Å². The molecular weight excluding hydrogens is 418 g/mol. The molecule has 6 nitrogen and oxygen atoms in total. The van der Waals surface area contributed by atoms with E-state index in [4.69, 9.17) is 14.2 Å². The number of carbonyl (C=O) groups is 2. The third-order valence-electron chi connectivity index (χ3n) is 5.94. The first-order chi connectivity index (χ1) is 16.1. The van der Waals surface area contributed by atoms with Crippen molar-refractivity contribution in [1.82, 2.24) is 4.90 Å². The van der Waals surface area contributed by atoms with Gasteiger partial charge in [-0.25, -0.2) is 0 Å². The highest BCUT2D eigenvalue weighted by atomic mass is 16.5. The van der Waals surface area contributed by atoms with Crippen molar-refractivity contribution in [3.8, 4) is 0 Å². The monoisotopic (exact) mass is 471 g/mol. The fourth-order valence-corrected chi connectivity index (χ4v) is 3.81.